The SMILES string of the molecule is CCNC(=NCCN(C)C1CCCC1)NC1CCN(C2CC2)CC1.I. The zero-order chi connectivity index (χ0) is 16.8. The smallest absolute Gasteiger partial charge is 0.191 e. The van der Waals surface area contributed by atoms with Gasteiger partial charge in [0.25, 0.3) is 0 Å². The third kappa shape index (κ3) is 6.86. The van der Waals surface area contributed by atoms with Crippen molar-refractivity contribution in [2.24, 2.45) is 4.99 Å². The van der Waals surface area contributed by atoms with Crippen LogP contribution in [0.25, 0.3) is 0 Å². The van der Waals surface area contributed by atoms with Gasteiger partial charge in [-0.25, -0.2) is 0 Å². The minimum absolute atomic E-state index is 0. The van der Waals surface area contributed by atoms with E-state index in [2.05, 4.69) is 34.4 Å². The fraction of sp³-hybridized carbons (Fsp3) is 0.947. The Labute approximate surface area is 171 Å². The van der Waals surface area contributed by atoms with Gasteiger partial charge in [0.05, 0.1) is 6.54 Å². The van der Waals surface area contributed by atoms with Crippen molar-refractivity contribution < 1.29 is 0 Å². The van der Waals surface area contributed by atoms with Gasteiger partial charge in [0.15, 0.2) is 5.96 Å². The Morgan fingerprint density at radius 3 is 2.36 bits per heavy atom. The van der Waals surface area contributed by atoms with Crippen LogP contribution in [0.3, 0.4) is 0 Å². The van der Waals surface area contributed by atoms with E-state index < -0.39 is 0 Å². The maximum atomic E-state index is 4.82. The molecule has 0 aromatic heterocycles. The zero-order valence-corrected chi connectivity index (χ0v) is 18.5. The number of piperidine rings is 1. The van der Waals surface area contributed by atoms with Crippen LogP contribution in [-0.2, 0) is 0 Å². The van der Waals surface area contributed by atoms with Crippen LogP contribution < -0.4 is 10.6 Å². The number of halogens is 1. The zero-order valence-electron chi connectivity index (χ0n) is 16.2. The molecule has 0 unspecified atom stereocenters. The maximum Gasteiger partial charge on any atom is 0.191 e. The summed E-state index contributed by atoms with van der Waals surface area (Å²) in [5.41, 5.74) is 0. The number of hydrogen-bond donors (Lipinski definition) is 2. The van der Waals surface area contributed by atoms with E-state index in [1.807, 2.05) is 0 Å². The first kappa shape index (κ1) is 21.2. The standard InChI is InChI=1S/C19H37N5.HI/c1-3-20-19(21-12-15-23(2)17-6-4-5-7-17)22-16-10-13-24(14-11-16)18-8-9-18;/h16-18H,3-15H2,1-2H3,(H2,20,21,22);1H. The summed E-state index contributed by atoms with van der Waals surface area (Å²) >= 11 is 0. The minimum atomic E-state index is 0. The summed E-state index contributed by atoms with van der Waals surface area (Å²) in [5, 5.41) is 7.10. The van der Waals surface area contributed by atoms with Crippen molar-refractivity contribution in [3.05, 3.63) is 0 Å². The van der Waals surface area contributed by atoms with Crippen LogP contribution in [0.1, 0.15) is 58.3 Å². The highest BCUT2D eigenvalue weighted by atomic mass is 127. The molecule has 6 heteroatoms. The highest BCUT2D eigenvalue weighted by Gasteiger charge is 2.31. The molecule has 25 heavy (non-hydrogen) atoms. The van der Waals surface area contributed by atoms with Gasteiger partial charge in [-0.3, -0.25) is 4.99 Å². The lowest BCUT2D eigenvalue weighted by atomic mass is 10.1. The summed E-state index contributed by atoms with van der Waals surface area (Å²) < 4.78 is 0. The van der Waals surface area contributed by atoms with Gasteiger partial charge in [0, 0.05) is 44.3 Å². The third-order valence-corrected chi connectivity index (χ3v) is 5.95. The van der Waals surface area contributed by atoms with E-state index in [9.17, 15) is 0 Å². The molecular weight excluding hydrogens is 425 g/mol. The molecule has 2 N–H and O–H groups in total. The van der Waals surface area contributed by atoms with Crippen LogP contribution in [0, 0.1) is 0 Å². The van der Waals surface area contributed by atoms with Gasteiger partial charge in [-0.1, -0.05) is 12.8 Å². The lowest BCUT2D eigenvalue weighted by Gasteiger charge is -2.33. The molecular formula is C19H38IN5. The number of rotatable bonds is 7. The average molecular weight is 463 g/mol. The van der Waals surface area contributed by atoms with Crippen LogP contribution >= 0.6 is 24.0 Å². The fourth-order valence-electron chi connectivity index (χ4n) is 4.21. The Morgan fingerprint density at radius 1 is 1.08 bits per heavy atom. The highest BCUT2D eigenvalue weighted by Crippen LogP contribution is 2.29. The fourth-order valence-corrected chi connectivity index (χ4v) is 4.21. The summed E-state index contributed by atoms with van der Waals surface area (Å²) in [7, 11) is 2.26. The van der Waals surface area contributed by atoms with Gasteiger partial charge in [-0.05, 0) is 52.5 Å². The van der Waals surface area contributed by atoms with Crippen LogP contribution in [0.2, 0.25) is 0 Å². The predicted molar refractivity (Wildman–Crippen MR) is 117 cm³/mol. The topological polar surface area (TPSA) is 42.9 Å². The predicted octanol–water partition coefficient (Wildman–Crippen LogP) is 2.66. The number of nitrogens with zero attached hydrogens (tertiary/aromatic N) is 3. The molecule has 0 aromatic carbocycles. The molecule has 2 saturated carbocycles. The second-order valence-electron chi connectivity index (χ2n) is 7.87. The first-order valence-electron chi connectivity index (χ1n) is 10.3. The Bertz CT molecular complexity index is 399. The van der Waals surface area contributed by atoms with Gasteiger partial charge < -0.3 is 20.4 Å². The minimum Gasteiger partial charge on any atom is -0.357 e. The molecule has 146 valence electrons. The molecule has 3 aliphatic rings. The average Bonchev–Trinajstić information content (AvgIpc) is 3.29. The molecule has 0 aromatic rings. The summed E-state index contributed by atoms with van der Waals surface area (Å²) in [6.45, 7) is 7.56. The number of likely N-dealkylation sites (tertiary alicyclic amines) is 1. The van der Waals surface area contributed by atoms with E-state index in [-0.39, 0.29) is 24.0 Å². The molecule has 1 heterocycles. The largest absolute Gasteiger partial charge is 0.357 e. The Hall–Kier alpha value is -0.0800. The second-order valence-corrected chi connectivity index (χ2v) is 7.87. The van der Waals surface area contributed by atoms with E-state index >= 15 is 0 Å². The van der Waals surface area contributed by atoms with Crippen molar-refractivity contribution in [3.8, 4) is 0 Å². The summed E-state index contributed by atoms with van der Waals surface area (Å²) in [5.74, 6) is 1.02. The Kier molecular flexibility index (Phi) is 9.27. The lowest BCUT2D eigenvalue weighted by molar-refractivity contribution is 0.197. The number of nitrogens with one attached hydrogen (secondary N) is 2. The first-order valence-corrected chi connectivity index (χ1v) is 10.3. The monoisotopic (exact) mass is 463 g/mol. The Balaban J connectivity index is 0.00000225. The Morgan fingerprint density at radius 2 is 1.76 bits per heavy atom. The molecule has 5 nitrogen and oxygen atoms in total. The van der Waals surface area contributed by atoms with Crippen molar-refractivity contribution in [1.29, 1.82) is 0 Å². The molecule has 1 saturated heterocycles. The van der Waals surface area contributed by atoms with E-state index in [1.165, 1.54) is 64.5 Å². The van der Waals surface area contributed by atoms with Gasteiger partial charge in [0.1, 0.15) is 0 Å². The maximum absolute atomic E-state index is 4.82. The number of guanidine groups is 1. The highest BCUT2D eigenvalue weighted by molar-refractivity contribution is 14.0. The number of aliphatic imine (C=N–C) groups is 1. The lowest BCUT2D eigenvalue weighted by Crippen LogP contribution is -2.49. The van der Waals surface area contributed by atoms with Crippen molar-refractivity contribution in [1.82, 2.24) is 20.4 Å². The van der Waals surface area contributed by atoms with Crippen molar-refractivity contribution in [2.45, 2.75) is 76.4 Å². The number of hydrogen-bond acceptors (Lipinski definition) is 3. The van der Waals surface area contributed by atoms with E-state index in [1.54, 1.807) is 0 Å². The van der Waals surface area contributed by atoms with Gasteiger partial charge in [0.2, 0.25) is 0 Å². The quantitative estimate of drug-likeness (QED) is 0.346. The van der Waals surface area contributed by atoms with Crippen LogP contribution in [0.15, 0.2) is 4.99 Å². The summed E-state index contributed by atoms with van der Waals surface area (Å²) in [6.07, 6.45) is 10.9. The molecule has 0 spiro atoms. The summed E-state index contributed by atoms with van der Waals surface area (Å²) in [4.78, 5) is 10.0. The molecule has 2 aliphatic carbocycles. The van der Waals surface area contributed by atoms with Crippen LogP contribution in [-0.4, -0.2) is 73.7 Å². The number of likely N-dealkylation sites (N-methyl/N-ethyl adjacent to an activating group) is 1. The van der Waals surface area contributed by atoms with E-state index in [0.29, 0.717) is 6.04 Å². The van der Waals surface area contributed by atoms with E-state index in [0.717, 1.165) is 37.7 Å². The van der Waals surface area contributed by atoms with Gasteiger partial charge >= 0.3 is 0 Å². The second kappa shape index (κ2) is 10.9. The molecule has 3 fully saturated rings. The van der Waals surface area contributed by atoms with Crippen molar-refractivity contribution in [3.63, 3.8) is 0 Å². The van der Waals surface area contributed by atoms with Crippen LogP contribution in [0.5, 0.6) is 0 Å². The molecule has 0 atom stereocenters. The van der Waals surface area contributed by atoms with Crippen molar-refractivity contribution >= 4 is 29.9 Å². The third-order valence-electron chi connectivity index (χ3n) is 5.95. The van der Waals surface area contributed by atoms with Gasteiger partial charge in [-0.15, -0.1) is 24.0 Å². The normalized spacial score (nSPS) is 23.7. The summed E-state index contributed by atoms with van der Waals surface area (Å²) in [6, 6.07) is 2.30. The molecule has 1 aliphatic heterocycles. The molecule has 0 bridgehead atoms. The molecule has 0 amide bonds. The molecule has 0 radical (unpaired) electrons. The molecule has 3 rings (SSSR count). The van der Waals surface area contributed by atoms with Crippen molar-refractivity contribution in [2.75, 3.05) is 39.8 Å². The van der Waals surface area contributed by atoms with Gasteiger partial charge in [-0.2, -0.15) is 0 Å². The van der Waals surface area contributed by atoms with E-state index in [4.69, 9.17) is 4.99 Å². The first-order chi connectivity index (χ1) is 11.8. The van der Waals surface area contributed by atoms with Crippen LogP contribution in [0.4, 0.5) is 0 Å².